The molecule has 2 nitrogen and oxygen atoms in total. The van der Waals surface area contributed by atoms with Crippen LogP contribution in [0.1, 0.15) is 37.3 Å². The van der Waals surface area contributed by atoms with E-state index in [1.165, 1.54) is 16.7 Å². The predicted molar refractivity (Wildman–Crippen MR) is 174 cm³/mol. The second-order valence-electron chi connectivity index (χ2n) is 9.31. The number of fused-ring (bicyclic) bond motifs is 4. The smallest absolute Gasteiger partial charge is 0.114 e. The number of imidazole rings is 1. The van der Waals surface area contributed by atoms with E-state index in [1.54, 1.807) is 48.5 Å². The Labute approximate surface area is 264 Å². The lowest BCUT2D eigenvalue weighted by atomic mass is 9.84. The van der Waals surface area contributed by atoms with E-state index in [1.807, 2.05) is 0 Å². The summed E-state index contributed by atoms with van der Waals surface area (Å²) in [6.07, 6.45) is -2.95. The summed E-state index contributed by atoms with van der Waals surface area (Å²) in [5.74, 6) is -0.418. The van der Waals surface area contributed by atoms with E-state index in [0.29, 0.717) is 21.8 Å². The normalized spacial score (nSPS) is 18.5. The minimum Gasteiger partial charge on any atom is -0.296 e. The molecule has 0 radical (unpaired) electrons. The molecule has 0 atom stereocenters. The Morgan fingerprint density at radius 3 is 1.95 bits per heavy atom. The van der Waals surface area contributed by atoms with Gasteiger partial charge in [-0.05, 0) is 67.4 Å². The van der Waals surface area contributed by atoms with Gasteiger partial charge in [-0.1, -0.05) is 128 Å². The molecule has 0 aliphatic rings. The van der Waals surface area contributed by atoms with Gasteiger partial charge in [0.15, 0.2) is 0 Å². The fourth-order valence-electron chi connectivity index (χ4n) is 5.57. The maximum absolute atomic E-state index is 9.32. The molecule has 0 aliphatic heterocycles. The van der Waals surface area contributed by atoms with Crippen LogP contribution in [0.5, 0.6) is 0 Å². The summed E-state index contributed by atoms with van der Waals surface area (Å²) in [7, 11) is 0. The zero-order valence-corrected chi connectivity index (χ0v) is 21.2. The van der Waals surface area contributed by atoms with Crippen molar-refractivity contribution in [1.82, 2.24) is 9.55 Å². The number of hydrogen-bond acceptors (Lipinski definition) is 1. The highest BCUT2D eigenvalue weighted by molar-refractivity contribution is 6.23. The molecule has 41 heavy (non-hydrogen) atoms. The van der Waals surface area contributed by atoms with Gasteiger partial charge in [0.05, 0.1) is 34.5 Å². The van der Waals surface area contributed by atoms with E-state index in [4.69, 9.17) is 19.2 Å². The van der Waals surface area contributed by atoms with Gasteiger partial charge >= 0.3 is 0 Å². The maximum atomic E-state index is 9.32. The predicted octanol–water partition coefficient (Wildman–Crippen LogP) is 10.4. The van der Waals surface area contributed by atoms with E-state index >= 15 is 0 Å². The van der Waals surface area contributed by atoms with Crippen molar-refractivity contribution in [3.63, 3.8) is 0 Å². The highest BCUT2D eigenvalue weighted by Crippen LogP contribution is 2.46. The van der Waals surface area contributed by atoms with E-state index in [2.05, 4.69) is 4.98 Å². The Hall–Kier alpha value is -5.21. The van der Waals surface area contributed by atoms with E-state index in [-0.39, 0.29) is 38.4 Å². The molecule has 0 bridgehead atoms. The fraction of sp³-hybridized carbons (Fsp3) is 0.0513. The SMILES string of the molecule is [2H]c1c([2H])c([2H])c(-c2c3c([2H])c([2H])c([2H])c([2H])c3c(-c3ccc(-n4c(C([2H])([2H])C([2H])([2H])[2H])nc5ccccc54)c4ccccc34)c3c([2H])c([2H])c([2H])c([2H])c23)c([2H])c1[2H]. The van der Waals surface area contributed by atoms with Crippen LogP contribution in [0, 0.1) is 0 Å². The zero-order chi connectivity index (χ0) is 42.9. The van der Waals surface area contributed by atoms with Gasteiger partial charge in [-0.2, -0.15) is 0 Å². The van der Waals surface area contributed by atoms with Crippen molar-refractivity contribution >= 4 is 43.4 Å². The van der Waals surface area contributed by atoms with Crippen LogP contribution in [0.15, 0.2) is 139 Å². The van der Waals surface area contributed by atoms with Crippen molar-refractivity contribution in [3.05, 3.63) is 145 Å². The number of rotatable bonds is 4. The van der Waals surface area contributed by atoms with Gasteiger partial charge in [0, 0.05) is 18.6 Å². The Morgan fingerprint density at radius 2 is 1.24 bits per heavy atom. The Kier molecular flexibility index (Phi) is 2.71. The van der Waals surface area contributed by atoms with Crippen molar-refractivity contribution < 1.29 is 24.7 Å². The van der Waals surface area contributed by atoms with Crippen LogP contribution in [-0.4, -0.2) is 9.55 Å². The third kappa shape index (κ3) is 3.61. The monoisotopic (exact) mass is 542 g/mol. The summed E-state index contributed by atoms with van der Waals surface area (Å²) in [4.78, 5) is 4.44. The first-order chi connectivity index (χ1) is 27.6. The summed E-state index contributed by atoms with van der Waals surface area (Å²) >= 11 is 0. The molecule has 7 aromatic carbocycles. The molecule has 1 aromatic heterocycles. The first-order valence-corrected chi connectivity index (χ1v) is 12.7. The third-order valence-corrected chi connectivity index (χ3v) is 7.21. The summed E-state index contributed by atoms with van der Waals surface area (Å²) < 4.78 is 158. The molecule has 8 rings (SSSR count). The van der Waals surface area contributed by atoms with Gasteiger partial charge in [0.2, 0.25) is 0 Å². The van der Waals surface area contributed by atoms with E-state index < -0.39 is 109 Å². The van der Waals surface area contributed by atoms with Crippen LogP contribution in [0.25, 0.3) is 71.3 Å². The maximum Gasteiger partial charge on any atom is 0.114 e. The van der Waals surface area contributed by atoms with Crippen LogP contribution < -0.4 is 0 Å². The Morgan fingerprint density at radius 1 is 0.634 bits per heavy atom. The average molecular weight is 543 g/mol. The third-order valence-electron chi connectivity index (χ3n) is 7.21. The molecular formula is C39H28N2. The summed E-state index contributed by atoms with van der Waals surface area (Å²) in [5, 5.41) is -0.538. The Balaban J connectivity index is 1.64. The highest BCUT2D eigenvalue weighted by Gasteiger charge is 2.20. The first kappa shape index (κ1) is 11.7. The van der Waals surface area contributed by atoms with Gasteiger partial charge in [0.1, 0.15) is 5.82 Å². The van der Waals surface area contributed by atoms with Gasteiger partial charge in [0.25, 0.3) is 0 Å². The quantitative estimate of drug-likeness (QED) is 0.202. The number of aromatic nitrogens is 2. The topological polar surface area (TPSA) is 17.8 Å². The second kappa shape index (κ2) is 9.46. The van der Waals surface area contributed by atoms with Crippen molar-refractivity contribution in [1.29, 1.82) is 0 Å². The minimum atomic E-state index is -3.14. The van der Waals surface area contributed by atoms with Crippen LogP contribution in [0.3, 0.4) is 0 Å². The lowest BCUT2D eigenvalue weighted by Crippen LogP contribution is -2.01. The Bertz CT molecular complexity index is 3060. The molecular weight excluding hydrogens is 496 g/mol. The molecule has 194 valence electrons. The number of para-hydroxylation sites is 2. The number of benzene rings is 7. The van der Waals surface area contributed by atoms with E-state index in [9.17, 15) is 5.48 Å². The van der Waals surface area contributed by atoms with Crippen molar-refractivity contribution in [2.24, 2.45) is 0 Å². The zero-order valence-electron chi connectivity index (χ0n) is 39.2. The molecule has 8 aromatic rings. The molecule has 0 aliphatic carbocycles. The molecule has 1 heterocycles. The van der Waals surface area contributed by atoms with Crippen LogP contribution in [-0.2, 0) is 6.37 Å². The second-order valence-corrected chi connectivity index (χ2v) is 9.31. The highest BCUT2D eigenvalue weighted by atomic mass is 15.1. The van der Waals surface area contributed by atoms with E-state index in [0.717, 1.165) is 0 Å². The lowest BCUT2D eigenvalue weighted by Gasteiger charge is -2.20. The number of hydrogen-bond donors (Lipinski definition) is 0. The van der Waals surface area contributed by atoms with Crippen LogP contribution >= 0.6 is 0 Å². The summed E-state index contributed by atoms with van der Waals surface area (Å²) in [6, 6.07) is 6.89. The molecule has 0 fully saturated rings. The van der Waals surface area contributed by atoms with Gasteiger partial charge in [-0.3, -0.25) is 4.57 Å². The van der Waals surface area contributed by atoms with Crippen molar-refractivity contribution in [2.45, 2.75) is 13.2 Å². The van der Waals surface area contributed by atoms with Crippen molar-refractivity contribution in [2.75, 3.05) is 0 Å². The molecule has 0 N–H and O–H groups in total. The summed E-state index contributed by atoms with van der Waals surface area (Å²) in [6.45, 7) is -3.14. The first-order valence-electron chi connectivity index (χ1n) is 21.7. The minimum absolute atomic E-state index is 0.0820. The number of aryl methyl sites for hydroxylation is 1. The number of nitrogens with zero attached hydrogens (tertiary/aromatic N) is 2. The van der Waals surface area contributed by atoms with Gasteiger partial charge < -0.3 is 0 Å². The van der Waals surface area contributed by atoms with Gasteiger partial charge in [-0.25, -0.2) is 4.98 Å². The standard InChI is InChI=1S/C39H28N2/c1-2-37-40-34-22-12-13-23-36(34)41(37)35-25-24-33(27-16-6-7-17-28(27)35)39-31-20-10-8-18-29(31)38(26-14-4-3-5-15-26)30-19-9-11-21-32(30)39/h3-25H,2H2,1H3/i1D3,2D2,3D,4D,5D,8D,9D,10D,11D,14D,15D,18D,19D,20D,21D. The van der Waals surface area contributed by atoms with Crippen LogP contribution in [0.2, 0.25) is 0 Å². The average Bonchev–Trinajstić information content (AvgIpc) is 3.61. The largest absolute Gasteiger partial charge is 0.296 e. The molecule has 0 saturated heterocycles. The van der Waals surface area contributed by atoms with Gasteiger partial charge in [-0.15, -0.1) is 0 Å². The molecule has 0 saturated carbocycles. The molecule has 0 spiro atoms. The van der Waals surface area contributed by atoms with Crippen molar-refractivity contribution in [3.8, 4) is 27.9 Å². The molecule has 0 amide bonds. The van der Waals surface area contributed by atoms with Crippen LogP contribution in [0.4, 0.5) is 0 Å². The molecule has 0 unspecified atom stereocenters. The summed E-state index contributed by atoms with van der Waals surface area (Å²) in [5.41, 5.74) is 0.113. The molecule has 2 heteroatoms. The lowest BCUT2D eigenvalue weighted by molar-refractivity contribution is 0.913. The fourth-order valence-corrected chi connectivity index (χ4v) is 5.57.